The van der Waals surface area contributed by atoms with Crippen molar-refractivity contribution >= 4 is 24.3 Å². The van der Waals surface area contributed by atoms with E-state index in [9.17, 15) is 19.2 Å². The van der Waals surface area contributed by atoms with Crippen molar-refractivity contribution in [3.8, 4) is 0 Å². The van der Waals surface area contributed by atoms with Gasteiger partial charge in [-0.25, -0.2) is 24.1 Å². The van der Waals surface area contributed by atoms with E-state index in [-0.39, 0.29) is 0 Å². The number of nitrogens with one attached hydrogen (secondary N) is 1. The van der Waals surface area contributed by atoms with Gasteiger partial charge in [-0.1, -0.05) is 0 Å². The number of carbonyl (C=O) groups excluding carboxylic acids is 4. The molecular formula is C19H32N4O7. The van der Waals surface area contributed by atoms with Crippen LogP contribution in [0.15, 0.2) is 12.3 Å². The van der Waals surface area contributed by atoms with E-state index in [1.165, 1.54) is 0 Å². The highest BCUT2D eigenvalue weighted by Crippen LogP contribution is 2.23. The summed E-state index contributed by atoms with van der Waals surface area (Å²) in [5, 5.41) is 2.24. The Hall–Kier alpha value is -2.82. The molecule has 3 N–H and O–H groups in total. The van der Waals surface area contributed by atoms with Crippen molar-refractivity contribution in [3.63, 3.8) is 0 Å². The molecule has 0 aromatic heterocycles. The van der Waals surface area contributed by atoms with E-state index < -0.39 is 46.9 Å². The summed E-state index contributed by atoms with van der Waals surface area (Å²) in [7, 11) is 0. The predicted octanol–water partition coefficient (Wildman–Crippen LogP) is 3.25. The zero-order valence-corrected chi connectivity index (χ0v) is 19.0. The van der Waals surface area contributed by atoms with Crippen molar-refractivity contribution in [1.29, 1.82) is 0 Å². The quantitative estimate of drug-likeness (QED) is 0.479. The van der Waals surface area contributed by atoms with Crippen molar-refractivity contribution in [2.75, 3.05) is 0 Å². The summed E-state index contributed by atoms with van der Waals surface area (Å²) in [5.74, 6) is -2.15. The average Bonchev–Trinajstić information content (AvgIpc) is 2.40. The van der Waals surface area contributed by atoms with Gasteiger partial charge in [-0.2, -0.15) is 4.90 Å². The van der Waals surface area contributed by atoms with Crippen LogP contribution in [0.3, 0.4) is 0 Å². The topological polar surface area (TPSA) is 141 Å². The summed E-state index contributed by atoms with van der Waals surface area (Å²) >= 11 is 0. The highest BCUT2D eigenvalue weighted by Gasteiger charge is 2.48. The Balaban J connectivity index is 3.28. The van der Waals surface area contributed by atoms with Crippen LogP contribution < -0.4 is 11.1 Å². The third-order valence-electron chi connectivity index (χ3n) is 3.12. The number of ether oxygens (including phenoxy) is 3. The van der Waals surface area contributed by atoms with Gasteiger partial charge >= 0.3 is 24.3 Å². The molecule has 1 rings (SSSR count). The van der Waals surface area contributed by atoms with Gasteiger partial charge in [0.05, 0.1) is 0 Å². The molecule has 0 aromatic carbocycles. The molecule has 11 heteroatoms. The van der Waals surface area contributed by atoms with Gasteiger partial charge < -0.3 is 14.2 Å². The second kappa shape index (κ2) is 8.13. The molecule has 0 saturated carbocycles. The Morgan fingerprint density at radius 1 is 0.900 bits per heavy atom. The molecule has 1 heterocycles. The van der Waals surface area contributed by atoms with Crippen LogP contribution in [0.4, 0.5) is 19.2 Å². The van der Waals surface area contributed by atoms with Gasteiger partial charge in [-0.15, -0.1) is 0 Å². The highest BCUT2D eigenvalue weighted by molar-refractivity contribution is 5.96. The minimum Gasteiger partial charge on any atom is -0.443 e. The summed E-state index contributed by atoms with van der Waals surface area (Å²) in [5.41, 5.74) is 3.38. The fraction of sp³-hybridized carbons (Fsp3) is 0.684. The first kappa shape index (κ1) is 25.2. The predicted molar refractivity (Wildman–Crippen MR) is 107 cm³/mol. The maximum Gasteiger partial charge on any atom is 0.423 e. The fourth-order valence-corrected chi connectivity index (χ4v) is 2.11. The number of hydrogen-bond acceptors (Lipinski definition) is 8. The number of carbonyl (C=O) groups is 4. The van der Waals surface area contributed by atoms with Crippen LogP contribution in [0.5, 0.6) is 0 Å². The summed E-state index contributed by atoms with van der Waals surface area (Å²) < 4.78 is 15.6. The Morgan fingerprint density at radius 2 is 1.30 bits per heavy atom. The number of rotatable bonds is 1. The molecule has 0 spiro atoms. The van der Waals surface area contributed by atoms with Gasteiger partial charge in [0.2, 0.25) is 5.79 Å². The molecule has 0 aromatic rings. The van der Waals surface area contributed by atoms with Gasteiger partial charge in [-0.05, 0) is 68.4 Å². The van der Waals surface area contributed by atoms with E-state index in [0.717, 1.165) is 12.3 Å². The van der Waals surface area contributed by atoms with E-state index in [0.29, 0.717) is 9.80 Å². The lowest BCUT2D eigenvalue weighted by Crippen LogP contribution is -2.72. The molecule has 0 aliphatic carbocycles. The maximum absolute atomic E-state index is 12.7. The molecular weight excluding hydrogens is 396 g/mol. The molecule has 0 fully saturated rings. The van der Waals surface area contributed by atoms with E-state index in [4.69, 9.17) is 19.9 Å². The lowest BCUT2D eigenvalue weighted by molar-refractivity contribution is -0.0206. The van der Waals surface area contributed by atoms with Crippen LogP contribution in [0.25, 0.3) is 0 Å². The second-order valence-electron chi connectivity index (χ2n) is 9.72. The van der Waals surface area contributed by atoms with Crippen molar-refractivity contribution in [2.24, 2.45) is 5.73 Å². The molecule has 170 valence electrons. The SMILES string of the molecule is CC(C)(C)OC(=O)N1C=CC(N)(N(C(=O)OC(C)(C)C)C(=O)OC(C)(C)C)NC1=O. The minimum absolute atomic E-state index is 0.435. The molecule has 0 radical (unpaired) electrons. The molecule has 1 atom stereocenters. The summed E-state index contributed by atoms with van der Waals surface area (Å²) in [6.45, 7) is 14.5. The molecule has 30 heavy (non-hydrogen) atoms. The Kier molecular flexibility index (Phi) is 6.84. The lowest BCUT2D eigenvalue weighted by atomic mass is 10.2. The number of imide groups is 2. The standard InChI is InChI=1S/C19H32N4O7/c1-16(2,3)28-13(25)22-11-10-19(20,21-12(22)24)23(14(26)29-17(4,5)6)15(27)30-18(7,8)9/h10-11H,20H2,1-9H3,(H,21,24). The smallest absolute Gasteiger partial charge is 0.423 e. The van der Waals surface area contributed by atoms with Gasteiger partial charge in [-0.3, -0.25) is 11.1 Å². The number of nitrogens with two attached hydrogens (primary N) is 1. The first-order valence-electron chi connectivity index (χ1n) is 9.33. The molecule has 0 saturated heterocycles. The summed E-state index contributed by atoms with van der Waals surface area (Å²) in [6, 6.07) is -1.01. The number of amides is 5. The van der Waals surface area contributed by atoms with E-state index in [2.05, 4.69) is 5.32 Å². The van der Waals surface area contributed by atoms with Crippen LogP contribution in [0.1, 0.15) is 62.3 Å². The van der Waals surface area contributed by atoms with Crippen molar-refractivity contribution in [3.05, 3.63) is 12.3 Å². The van der Waals surface area contributed by atoms with E-state index in [1.807, 2.05) is 0 Å². The zero-order valence-electron chi connectivity index (χ0n) is 19.0. The third kappa shape index (κ3) is 7.21. The molecule has 5 amide bonds. The Morgan fingerprint density at radius 3 is 1.63 bits per heavy atom. The fourth-order valence-electron chi connectivity index (χ4n) is 2.11. The first-order valence-corrected chi connectivity index (χ1v) is 9.33. The Bertz CT molecular complexity index is 715. The van der Waals surface area contributed by atoms with Crippen LogP contribution in [0, 0.1) is 0 Å². The lowest BCUT2D eigenvalue weighted by Gasteiger charge is -2.41. The minimum atomic E-state index is -2.15. The van der Waals surface area contributed by atoms with Crippen molar-refractivity contribution < 1.29 is 33.4 Å². The Labute approximate surface area is 176 Å². The number of hydrogen-bond donors (Lipinski definition) is 2. The van der Waals surface area contributed by atoms with E-state index in [1.54, 1.807) is 62.3 Å². The second-order valence-corrected chi connectivity index (χ2v) is 9.72. The first-order chi connectivity index (χ1) is 13.2. The summed E-state index contributed by atoms with van der Waals surface area (Å²) in [4.78, 5) is 51.2. The van der Waals surface area contributed by atoms with Crippen LogP contribution >= 0.6 is 0 Å². The number of nitrogens with zero attached hydrogens (tertiary/aromatic N) is 2. The third-order valence-corrected chi connectivity index (χ3v) is 3.12. The maximum atomic E-state index is 12.7. The molecule has 1 aliphatic rings. The number of urea groups is 1. The molecule has 1 aliphatic heterocycles. The molecule has 0 bridgehead atoms. The highest BCUT2D eigenvalue weighted by atomic mass is 16.6. The van der Waals surface area contributed by atoms with Crippen molar-refractivity contribution in [1.82, 2.24) is 15.1 Å². The van der Waals surface area contributed by atoms with Gasteiger partial charge in [0, 0.05) is 6.20 Å². The van der Waals surface area contributed by atoms with Crippen LogP contribution in [0.2, 0.25) is 0 Å². The van der Waals surface area contributed by atoms with Crippen LogP contribution in [-0.2, 0) is 14.2 Å². The summed E-state index contributed by atoms with van der Waals surface area (Å²) in [6.07, 6.45) is -1.16. The largest absolute Gasteiger partial charge is 0.443 e. The normalized spacial score (nSPS) is 19.7. The average molecular weight is 428 g/mol. The van der Waals surface area contributed by atoms with Crippen LogP contribution in [-0.4, -0.2) is 56.7 Å². The van der Waals surface area contributed by atoms with Gasteiger partial charge in [0.25, 0.3) is 0 Å². The van der Waals surface area contributed by atoms with E-state index >= 15 is 0 Å². The van der Waals surface area contributed by atoms with Gasteiger partial charge in [0.1, 0.15) is 16.8 Å². The van der Waals surface area contributed by atoms with Gasteiger partial charge in [0.15, 0.2) is 0 Å². The van der Waals surface area contributed by atoms with Crippen molar-refractivity contribution in [2.45, 2.75) is 84.9 Å². The molecule has 11 nitrogen and oxygen atoms in total. The monoisotopic (exact) mass is 428 g/mol. The zero-order chi connectivity index (χ0) is 23.7. The molecule has 1 unspecified atom stereocenters.